The quantitative estimate of drug-likeness (QED) is 0.794. The zero-order chi connectivity index (χ0) is 14.4. The van der Waals surface area contributed by atoms with Crippen molar-refractivity contribution in [3.8, 4) is 5.75 Å². The van der Waals surface area contributed by atoms with Crippen LogP contribution >= 0.6 is 0 Å². The van der Waals surface area contributed by atoms with E-state index in [0.29, 0.717) is 0 Å². The molecule has 0 aliphatic rings. The molecule has 0 aliphatic heterocycles. The third-order valence-corrected chi connectivity index (χ3v) is 2.71. The summed E-state index contributed by atoms with van der Waals surface area (Å²) in [5.74, 6) is 0.735. The highest BCUT2D eigenvalue weighted by molar-refractivity contribution is 5.38. The zero-order valence-corrected chi connectivity index (χ0v) is 12.2. The number of ether oxygens (including phenoxy) is 2. The summed E-state index contributed by atoms with van der Waals surface area (Å²) in [6.07, 6.45) is -0.530. The van der Waals surface area contributed by atoms with E-state index in [9.17, 15) is 5.11 Å². The summed E-state index contributed by atoms with van der Waals surface area (Å²) in [6, 6.07) is 5.81. The topological polar surface area (TPSA) is 64.7 Å². The molecule has 0 fully saturated rings. The van der Waals surface area contributed by atoms with Crippen LogP contribution in [0.1, 0.15) is 37.9 Å². The van der Waals surface area contributed by atoms with E-state index in [1.165, 1.54) is 0 Å². The summed E-state index contributed by atoms with van der Waals surface area (Å²) < 4.78 is 11.0. The average molecular weight is 267 g/mol. The lowest BCUT2D eigenvalue weighted by atomic mass is 10.1. The summed E-state index contributed by atoms with van der Waals surface area (Å²) >= 11 is 0. The molecular weight excluding hydrogens is 242 g/mol. The molecular formula is C15H25NO3. The van der Waals surface area contributed by atoms with Crippen LogP contribution in [0.4, 0.5) is 0 Å². The van der Waals surface area contributed by atoms with Crippen LogP contribution < -0.4 is 10.5 Å². The Bertz CT molecular complexity index is 391. The largest absolute Gasteiger partial charge is 0.490 e. The first-order valence-electron chi connectivity index (χ1n) is 6.68. The van der Waals surface area contributed by atoms with Crippen molar-refractivity contribution < 1.29 is 14.6 Å². The van der Waals surface area contributed by atoms with Gasteiger partial charge in [-0.1, -0.05) is 12.1 Å². The molecule has 0 saturated carbocycles. The van der Waals surface area contributed by atoms with Crippen LogP contribution in [0, 0.1) is 6.92 Å². The Labute approximate surface area is 115 Å². The van der Waals surface area contributed by atoms with Gasteiger partial charge in [-0.3, -0.25) is 0 Å². The minimum Gasteiger partial charge on any atom is -0.490 e. The smallest absolute Gasteiger partial charge is 0.124 e. The molecule has 3 N–H and O–H groups in total. The number of aryl methyl sites for hydroxylation is 1. The van der Waals surface area contributed by atoms with Gasteiger partial charge >= 0.3 is 0 Å². The lowest BCUT2D eigenvalue weighted by Gasteiger charge is -2.18. The van der Waals surface area contributed by atoms with Crippen molar-refractivity contribution in [2.75, 3.05) is 13.2 Å². The lowest BCUT2D eigenvalue weighted by Crippen LogP contribution is -2.25. The van der Waals surface area contributed by atoms with E-state index in [4.69, 9.17) is 15.2 Å². The lowest BCUT2D eigenvalue weighted by molar-refractivity contribution is -0.0124. The van der Waals surface area contributed by atoms with Crippen LogP contribution in [0.5, 0.6) is 5.75 Å². The first-order chi connectivity index (χ1) is 8.90. The maximum Gasteiger partial charge on any atom is 0.124 e. The highest BCUT2D eigenvalue weighted by Gasteiger charge is 2.11. The van der Waals surface area contributed by atoms with Gasteiger partial charge in [0.25, 0.3) is 0 Å². The van der Waals surface area contributed by atoms with Crippen LogP contribution in [-0.4, -0.2) is 30.5 Å². The molecule has 0 radical (unpaired) electrons. The van der Waals surface area contributed by atoms with Gasteiger partial charge in [0.1, 0.15) is 18.5 Å². The van der Waals surface area contributed by atoms with Crippen LogP contribution in [0.25, 0.3) is 0 Å². The summed E-state index contributed by atoms with van der Waals surface area (Å²) in [6.45, 7) is 8.25. The third-order valence-electron chi connectivity index (χ3n) is 2.71. The van der Waals surface area contributed by atoms with Crippen molar-refractivity contribution in [1.29, 1.82) is 0 Å². The van der Waals surface area contributed by atoms with Gasteiger partial charge in [-0.15, -0.1) is 0 Å². The predicted molar refractivity (Wildman–Crippen MR) is 76.4 cm³/mol. The Hall–Kier alpha value is -1.10. The van der Waals surface area contributed by atoms with Gasteiger partial charge in [0.15, 0.2) is 0 Å². The molecule has 0 aliphatic carbocycles. The third kappa shape index (κ3) is 5.59. The number of aliphatic hydroxyl groups is 1. The number of rotatable bonds is 7. The van der Waals surface area contributed by atoms with Crippen molar-refractivity contribution in [3.05, 3.63) is 29.3 Å². The van der Waals surface area contributed by atoms with Gasteiger partial charge in [0.05, 0.1) is 12.7 Å². The fourth-order valence-corrected chi connectivity index (χ4v) is 1.68. The number of nitrogens with two attached hydrogens (primary N) is 1. The summed E-state index contributed by atoms with van der Waals surface area (Å²) in [5.41, 5.74) is 7.95. The molecule has 0 spiro atoms. The van der Waals surface area contributed by atoms with E-state index in [-0.39, 0.29) is 25.4 Å². The fraction of sp³-hybridized carbons (Fsp3) is 0.600. The van der Waals surface area contributed by atoms with Crippen molar-refractivity contribution in [2.45, 2.75) is 45.9 Å². The van der Waals surface area contributed by atoms with Gasteiger partial charge in [0, 0.05) is 11.6 Å². The first kappa shape index (κ1) is 16.0. The van der Waals surface area contributed by atoms with E-state index in [1.807, 2.05) is 45.9 Å². The summed E-state index contributed by atoms with van der Waals surface area (Å²) in [5, 5.41) is 9.78. The van der Waals surface area contributed by atoms with E-state index in [1.54, 1.807) is 0 Å². The maximum atomic E-state index is 9.78. The second-order valence-corrected chi connectivity index (χ2v) is 5.18. The van der Waals surface area contributed by atoms with Crippen molar-refractivity contribution >= 4 is 0 Å². The van der Waals surface area contributed by atoms with Gasteiger partial charge in [-0.25, -0.2) is 0 Å². The first-order valence-corrected chi connectivity index (χ1v) is 6.68. The summed E-state index contributed by atoms with van der Waals surface area (Å²) in [4.78, 5) is 0. The highest BCUT2D eigenvalue weighted by atomic mass is 16.5. The molecule has 1 rings (SSSR count). The Morgan fingerprint density at radius 1 is 1.21 bits per heavy atom. The highest BCUT2D eigenvalue weighted by Crippen LogP contribution is 2.25. The van der Waals surface area contributed by atoms with E-state index >= 15 is 0 Å². The Morgan fingerprint density at radius 2 is 1.89 bits per heavy atom. The van der Waals surface area contributed by atoms with E-state index < -0.39 is 6.10 Å². The molecule has 19 heavy (non-hydrogen) atoms. The molecule has 1 unspecified atom stereocenters. The molecule has 0 saturated heterocycles. The second kappa shape index (κ2) is 7.48. The zero-order valence-electron chi connectivity index (χ0n) is 12.2. The average Bonchev–Trinajstić information content (AvgIpc) is 2.33. The summed E-state index contributed by atoms with van der Waals surface area (Å²) in [7, 11) is 0. The molecule has 0 heterocycles. The van der Waals surface area contributed by atoms with Gasteiger partial charge < -0.3 is 20.3 Å². The maximum absolute atomic E-state index is 9.78. The van der Waals surface area contributed by atoms with Crippen LogP contribution in [0.15, 0.2) is 18.2 Å². The van der Waals surface area contributed by atoms with Crippen molar-refractivity contribution in [1.82, 2.24) is 0 Å². The molecule has 4 heteroatoms. The van der Waals surface area contributed by atoms with Crippen LogP contribution in [0.3, 0.4) is 0 Å². The number of hydrogen-bond donors (Lipinski definition) is 2. The predicted octanol–water partition coefficient (Wildman–Crippen LogP) is 2.18. The minimum atomic E-state index is -0.635. The molecule has 1 aromatic carbocycles. The molecule has 0 aromatic heterocycles. The number of benzene rings is 1. The Balaban J connectivity index is 2.59. The van der Waals surface area contributed by atoms with Gasteiger partial charge in [-0.2, -0.15) is 0 Å². The Kier molecular flexibility index (Phi) is 6.28. The van der Waals surface area contributed by atoms with Gasteiger partial charge in [-0.05, 0) is 39.3 Å². The monoisotopic (exact) mass is 267 g/mol. The van der Waals surface area contributed by atoms with Gasteiger partial charge in [0.2, 0.25) is 0 Å². The number of hydrogen-bond acceptors (Lipinski definition) is 4. The molecule has 0 amide bonds. The standard InChI is InChI=1S/C15H25NO3/c1-10(2)18-8-13(17)9-19-15-7-11(3)5-6-14(15)12(4)16/h5-7,10,12-13,17H,8-9,16H2,1-4H3/t12-,13?/m1/s1. The molecule has 108 valence electrons. The van der Waals surface area contributed by atoms with E-state index in [2.05, 4.69) is 0 Å². The van der Waals surface area contributed by atoms with Crippen molar-refractivity contribution in [2.24, 2.45) is 5.73 Å². The molecule has 1 aromatic rings. The second-order valence-electron chi connectivity index (χ2n) is 5.18. The fourth-order valence-electron chi connectivity index (χ4n) is 1.68. The SMILES string of the molecule is Cc1ccc([C@@H](C)N)c(OCC(O)COC(C)C)c1. The number of aliphatic hydroxyl groups excluding tert-OH is 1. The van der Waals surface area contributed by atoms with Crippen LogP contribution in [-0.2, 0) is 4.74 Å². The normalized spacial score (nSPS) is 14.5. The van der Waals surface area contributed by atoms with Crippen LogP contribution in [0.2, 0.25) is 0 Å². The van der Waals surface area contributed by atoms with Crippen molar-refractivity contribution in [3.63, 3.8) is 0 Å². The Morgan fingerprint density at radius 3 is 2.47 bits per heavy atom. The van der Waals surface area contributed by atoms with E-state index in [0.717, 1.165) is 16.9 Å². The molecule has 0 bridgehead atoms. The minimum absolute atomic E-state index is 0.0975. The molecule has 4 nitrogen and oxygen atoms in total. The molecule has 2 atom stereocenters.